The van der Waals surface area contributed by atoms with E-state index >= 15 is 0 Å². The fourth-order valence-corrected chi connectivity index (χ4v) is 3.75. The molecule has 0 bridgehead atoms. The van der Waals surface area contributed by atoms with Crippen LogP contribution in [0.15, 0.2) is 36.7 Å². The summed E-state index contributed by atoms with van der Waals surface area (Å²) in [5.41, 5.74) is 2.09. The minimum atomic E-state index is -0.651. The lowest BCUT2D eigenvalue weighted by molar-refractivity contribution is -0.386. The summed E-state index contributed by atoms with van der Waals surface area (Å²) in [6, 6.07) is 4.54. The zero-order chi connectivity index (χ0) is 23.5. The van der Waals surface area contributed by atoms with E-state index in [1.54, 1.807) is 21.8 Å². The van der Waals surface area contributed by atoms with Crippen LogP contribution in [-0.4, -0.2) is 66.4 Å². The van der Waals surface area contributed by atoms with Crippen LogP contribution in [0.2, 0.25) is 0 Å². The Kier molecular flexibility index (Phi) is 6.36. The highest BCUT2D eigenvalue weighted by Crippen LogP contribution is 2.27. The van der Waals surface area contributed by atoms with Gasteiger partial charge in [0.15, 0.2) is 12.4 Å². The molecule has 0 N–H and O–H groups in total. The van der Waals surface area contributed by atoms with Crippen molar-refractivity contribution in [2.75, 3.05) is 26.2 Å². The number of hydrogen-bond acceptors (Lipinski definition) is 7. The second-order valence-corrected chi connectivity index (χ2v) is 7.86. The summed E-state index contributed by atoms with van der Waals surface area (Å²) in [7, 11) is 1.90. The first-order chi connectivity index (χ1) is 15.8. The molecule has 3 heterocycles. The van der Waals surface area contributed by atoms with Crippen molar-refractivity contribution in [3.63, 3.8) is 0 Å². The van der Waals surface area contributed by atoms with E-state index in [9.17, 15) is 19.3 Å². The number of hydrogen-bond donors (Lipinski definition) is 0. The number of ether oxygens (including phenoxy) is 1. The van der Waals surface area contributed by atoms with Gasteiger partial charge in [-0.15, -0.1) is 0 Å². The van der Waals surface area contributed by atoms with Crippen molar-refractivity contribution < 1.29 is 18.8 Å². The van der Waals surface area contributed by atoms with Gasteiger partial charge in [0, 0.05) is 69.9 Å². The molecule has 0 spiro atoms. The van der Waals surface area contributed by atoms with Gasteiger partial charge in [0.25, 0.3) is 5.91 Å². The number of halogens is 1. The molecule has 11 nitrogen and oxygen atoms in total. The molecule has 1 aliphatic heterocycles. The van der Waals surface area contributed by atoms with Gasteiger partial charge in [-0.1, -0.05) is 0 Å². The number of aryl methyl sites for hydroxylation is 2. The molecular formula is C21H24FN7O4. The van der Waals surface area contributed by atoms with Crippen LogP contribution >= 0.6 is 0 Å². The lowest BCUT2D eigenvalue weighted by atomic mass is 10.2. The molecule has 2 aromatic heterocycles. The molecule has 174 valence electrons. The van der Waals surface area contributed by atoms with Crippen molar-refractivity contribution in [3.8, 4) is 5.75 Å². The highest BCUT2D eigenvalue weighted by Gasteiger charge is 2.24. The third kappa shape index (κ3) is 5.17. The van der Waals surface area contributed by atoms with E-state index in [0.717, 1.165) is 43.5 Å². The van der Waals surface area contributed by atoms with Crippen LogP contribution in [0.4, 0.5) is 10.1 Å². The largest absolute Gasteiger partial charge is 0.464 e. The van der Waals surface area contributed by atoms with E-state index in [1.807, 2.05) is 20.2 Å². The summed E-state index contributed by atoms with van der Waals surface area (Å²) >= 11 is 0. The molecule has 0 saturated carbocycles. The van der Waals surface area contributed by atoms with Crippen molar-refractivity contribution in [1.29, 1.82) is 0 Å². The monoisotopic (exact) mass is 457 g/mol. The molecule has 1 saturated heterocycles. The predicted molar refractivity (Wildman–Crippen MR) is 115 cm³/mol. The standard InChI is InChI=1S/C21H24FN7O4/c1-15-16(12-25(2)23-15)13-26-7-9-27(10-8-26)21(30)18-5-6-28(24-18)14-33-20-11-17(22)3-4-19(20)29(31)32/h3-6,11-12H,7-10,13-14H2,1-2H3. The van der Waals surface area contributed by atoms with Gasteiger partial charge in [-0.3, -0.25) is 24.5 Å². The molecule has 33 heavy (non-hydrogen) atoms. The number of amides is 1. The van der Waals surface area contributed by atoms with Gasteiger partial charge < -0.3 is 9.64 Å². The third-order valence-electron chi connectivity index (χ3n) is 5.50. The maximum absolute atomic E-state index is 13.4. The van der Waals surface area contributed by atoms with Crippen LogP contribution in [-0.2, 0) is 20.3 Å². The summed E-state index contributed by atoms with van der Waals surface area (Å²) in [5.74, 6) is -1.05. The minimum Gasteiger partial charge on any atom is -0.464 e. The molecule has 3 aromatic rings. The highest BCUT2D eigenvalue weighted by atomic mass is 19.1. The lowest BCUT2D eigenvalue weighted by Gasteiger charge is -2.34. The predicted octanol–water partition coefficient (Wildman–Crippen LogP) is 1.97. The molecule has 4 rings (SSSR count). The van der Waals surface area contributed by atoms with Crippen molar-refractivity contribution in [3.05, 3.63) is 69.5 Å². The van der Waals surface area contributed by atoms with Crippen LogP contribution < -0.4 is 4.74 Å². The lowest BCUT2D eigenvalue weighted by Crippen LogP contribution is -2.48. The molecule has 0 atom stereocenters. The maximum Gasteiger partial charge on any atom is 0.311 e. The van der Waals surface area contributed by atoms with Crippen molar-refractivity contribution in [1.82, 2.24) is 29.4 Å². The van der Waals surface area contributed by atoms with Gasteiger partial charge in [0.2, 0.25) is 5.75 Å². The SMILES string of the molecule is Cc1nn(C)cc1CN1CCN(C(=O)c2ccn(COc3cc(F)ccc3[N+](=O)[O-])n2)CC1. The second kappa shape index (κ2) is 9.36. The van der Waals surface area contributed by atoms with E-state index in [4.69, 9.17) is 4.74 Å². The van der Waals surface area contributed by atoms with E-state index < -0.39 is 10.7 Å². The minimum absolute atomic E-state index is 0.192. The number of nitro benzene ring substituents is 1. The van der Waals surface area contributed by atoms with E-state index in [2.05, 4.69) is 15.1 Å². The first-order valence-corrected chi connectivity index (χ1v) is 10.4. The number of rotatable bonds is 7. The number of nitro groups is 1. The van der Waals surface area contributed by atoms with E-state index in [-0.39, 0.29) is 29.8 Å². The maximum atomic E-state index is 13.4. The zero-order valence-electron chi connectivity index (χ0n) is 18.3. The number of aromatic nitrogens is 4. The van der Waals surface area contributed by atoms with Crippen LogP contribution in [0, 0.1) is 22.9 Å². The van der Waals surface area contributed by atoms with E-state index in [1.165, 1.54) is 10.2 Å². The molecule has 1 fully saturated rings. The molecule has 0 radical (unpaired) electrons. The molecular weight excluding hydrogens is 433 g/mol. The number of carbonyl (C=O) groups is 1. The Bertz CT molecular complexity index is 1170. The van der Waals surface area contributed by atoms with Crippen LogP contribution in [0.25, 0.3) is 0 Å². The van der Waals surface area contributed by atoms with Crippen LogP contribution in [0.5, 0.6) is 5.75 Å². The summed E-state index contributed by atoms with van der Waals surface area (Å²) in [6.45, 7) is 5.23. The number of carbonyl (C=O) groups excluding carboxylic acids is 1. The first-order valence-electron chi connectivity index (χ1n) is 10.4. The van der Waals surface area contributed by atoms with Gasteiger partial charge in [-0.2, -0.15) is 10.2 Å². The smallest absolute Gasteiger partial charge is 0.311 e. The Hall–Kier alpha value is -3.80. The van der Waals surface area contributed by atoms with Crippen molar-refractivity contribution in [2.24, 2.45) is 7.05 Å². The molecule has 12 heteroatoms. The number of benzene rings is 1. The van der Waals surface area contributed by atoms with Crippen molar-refractivity contribution >= 4 is 11.6 Å². The quantitative estimate of drug-likeness (QED) is 0.394. The number of piperazine rings is 1. The Labute approximate surface area is 189 Å². The topological polar surface area (TPSA) is 112 Å². The van der Waals surface area contributed by atoms with Gasteiger partial charge >= 0.3 is 5.69 Å². The van der Waals surface area contributed by atoms with Gasteiger partial charge in [-0.25, -0.2) is 9.07 Å². The summed E-state index contributed by atoms with van der Waals surface area (Å²) in [4.78, 5) is 27.3. The van der Waals surface area contributed by atoms with Gasteiger partial charge in [0.05, 0.1) is 10.6 Å². The van der Waals surface area contributed by atoms with Gasteiger partial charge in [-0.05, 0) is 19.1 Å². The molecule has 1 aromatic carbocycles. The summed E-state index contributed by atoms with van der Waals surface area (Å²) < 4.78 is 21.9. The average molecular weight is 457 g/mol. The Morgan fingerprint density at radius 3 is 2.64 bits per heavy atom. The average Bonchev–Trinajstić information content (AvgIpc) is 3.38. The molecule has 0 aliphatic carbocycles. The van der Waals surface area contributed by atoms with Crippen molar-refractivity contribution in [2.45, 2.75) is 20.2 Å². The fourth-order valence-electron chi connectivity index (χ4n) is 3.75. The fraction of sp³-hybridized carbons (Fsp3) is 0.381. The van der Waals surface area contributed by atoms with Gasteiger partial charge in [0.1, 0.15) is 5.82 Å². The third-order valence-corrected chi connectivity index (χ3v) is 5.50. The first kappa shape index (κ1) is 22.4. The van der Waals surface area contributed by atoms with Crippen LogP contribution in [0.3, 0.4) is 0 Å². The Balaban J connectivity index is 1.32. The summed E-state index contributed by atoms with van der Waals surface area (Å²) in [6.07, 6.45) is 3.56. The van der Waals surface area contributed by atoms with E-state index in [0.29, 0.717) is 13.1 Å². The Morgan fingerprint density at radius 2 is 1.97 bits per heavy atom. The molecule has 1 amide bonds. The van der Waals surface area contributed by atoms with Crippen LogP contribution in [0.1, 0.15) is 21.7 Å². The molecule has 0 unspecified atom stereocenters. The normalized spacial score (nSPS) is 14.5. The highest BCUT2D eigenvalue weighted by molar-refractivity contribution is 5.92. The second-order valence-electron chi connectivity index (χ2n) is 7.86. The molecule has 1 aliphatic rings. The Morgan fingerprint density at radius 1 is 1.21 bits per heavy atom. The zero-order valence-corrected chi connectivity index (χ0v) is 18.3. The number of nitrogens with zero attached hydrogens (tertiary/aromatic N) is 7. The summed E-state index contributed by atoms with van der Waals surface area (Å²) in [5, 5.41) is 19.7.